The Morgan fingerprint density at radius 1 is 1.44 bits per heavy atom. The third kappa shape index (κ3) is 1.99. The molecule has 2 heterocycles. The van der Waals surface area contributed by atoms with E-state index in [0.29, 0.717) is 23.5 Å². The van der Waals surface area contributed by atoms with Gasteiger partial charge >= 0.3 is 5.97 Å². The second-order valence-corrected chi connectivity index (χ2v) is 4.68. The van der Waals surface area contributed by atoms with Gasteiger partial charge in [-0.1, -0.05) is 0 Å². The van der Waals surface area contributed by atoms with Gasteiger partial charge < -0.3 is 15.0 Å². The second-order valence-electron chi connectivity index (χ2n) is 4.68. The zero-order valence-corrected chi connectivity index (χ0v) is 10.5. The summed E-state index contributed by atoms with van der Waals surface area (Å²) in [5.41, 5.74) is 6.19. The maximum Gasteiger partial charge on any atom is 0.313 e. The molecule has 0 bridgehead atoms. The molecule has 0 aromatic carbocycles. The third-order valence-corrected chi connectivity index (χ3v) is 2.73. The van der Waals surface area contributed by atoms with Crippen molar-refractivity contribution < 1.29 is 9.53 Å². The molecular formula is C11H15N5O2. The molecule has 0 aliphatic heterocycles. The number of esters is 1. The van der Waals surface area contributed by atoms with Crippen molar-refractivity contribution in [1.82, 2.24) is 19.5 Å². The first-order valence-corrected chi connectivity index (χ1v) is 5.45. The highest BCUT2D eigenvalue weighted by Crippen LogP contribution is 2.23. The number of nitrogens with zero attached hydrogens (tertiary/aromatic N) is 4. The Balaban J connectivity index is 2.39. The number of hydrogen-bond acceptors (Lipinski definition) is 6. The van der Waals surface area contributed by atoms with Gasteiger partial charge in [-0.05, 0) is 13.8 Å². The van der Waals surface area contributed by atoms with Crippen LogP contribution in [-0.2, 0) is 16.1 Å². The number of aromatic nitrogens is 4. The first-order valence-electron chi connectivity index (χ1n) is 5.45. The molecule has 0 amide bonds. The van der Waals surface area contributed by atoms with Gasteiger partial charge in [0.1, 0.15) is 11.8 Å². The number of ether oxygens (including phenoxy) is 1. The number of nitrogens with two attached hydrogens (primary N) is 1. The van der Waals surface area contributed by atoms with Crippen molar-refractivity contribution in [3.05, 3.63) is 12.7 Å². The molecular weight excluding hydrogens is 234 g/mol. The Morgan fingerprint density at radius 3 is 2.83 bits per heavy atom. The van der Waals surface area contributed by atoms with Crippen LogP contribution in [0.15, 0.2) is 12.7 Å². The van der Waals surface area contributed by atoms with Gasteiger partial charge in [-0.15, -0.1) is 0 Å². The molecule has 2 N–H and O–H groups in total. The average molecular weight is 249 g/mol. The monoisotopic (exact) mass is 249 g/mol. The predicted octanol–water partition coefficient (Wildman–Crippen LogP) is 0.608. The van der Waals surface area contributed by atoms with Crippen LogP contribution in [0, 0.1) is 5.41 Å². The van der Waals surface area contributed by atoms with Gasteiger partial charge in [0.05, 0.1) is 18.9 Å². The Morgan fingerprint density at radius 2 is 2.17 bits per heavy atom. The van der Waals surface area contributed by atoms with E-state index in [0.717, 1.165) is 0 Å². The topological polar surface area (TPSA) is 95.9 Å². The minimum absolute atomic E-state index is 0.286. The fourth-order valence-electron chi connectivity index (χ4n) is 1.78. The minimum Gasteiger partial charge on any atom is -0.469 e. The summed E-state index contributed by atoms with van der Waals surface area (Å²) in [5.74, 6) is 0.0426. The molecule has 0 aliphatic rings. The van der Waals surface area contributed by atoms with E-state index in [2.05, 4.69) is 15.0 Å². The van der Waals surface area contributed by atoms with E-state index >= 15 is 0 Å². The third-order valence-electron chi connectivity index (χ3n) is 2.73. The molecule has 18 heavy (non-hydrogen) atoms. The van der Waals surface area contributed by atoms with Crippen molar-refractivity contribution in [3.8, 4) is 0 Å². The molecule has 0 atom stereocenters. The Bertz CT molecular complexity index is 590. The lowest BCUT2D eigenvalue weighted by atomic mass is 9.94. The van der Waals surface area contributed by atoms with Crippen LogP contribution in [0.1, 0.15) is 13.8 Å². The summed E-state index contributed by atoms with van der Waals surface area (Å²) in [4.78, 5) is 23.8. The number of carbonyl (C=O) groups excluding carboxylic acids is 1. The maximum absolute atomic E-state index is 11.6. The van der Waals surface area contributed by atoms with Crippen LogP contribution < -0.4 is 5.73 Å². The summed E-state index contributed by atoms with van der Waals surface area (Å²) in [6.45, 7) is 4.01. The molecule has 0 spiro atoms. The lowest BCUT2D eigenvalue weighted by Gasteiger charge is -2.21. The van der Waals surface area contributed by atoms with Crippen LogP contribution >= 0.6 is 0 Å². The first kappa shape index (κ1) is 12.3. The van der Waals surface area contributed by atoms with E-state index in [1.54, 1.807) is 24.7 Å². The van der Waals surface area contributed by atoms with Crippen molar-refractivity contribution >= 4 is 23.0 Å². The molecule has 0 fully saturated rings. The predicted molar refractivity (Wildman–Crippen MR) is 65.5 cm³/mol. The summed E-state index contributed by atoms with van der Waals surface area (Å²) in [6.07, 6.45) is 2.97. The maximum atomic E-state index is 11.6. The Kier molecular flexibility index (Phi) is 2.90. The molecule has 0 saturated carbocycles. The molecule has 2 aromatic heterocycles. The summed E-state index contributed by atoms with van der Waals surface area (Å²) in [7, 11) is 1.37. The largest absolute Gasteiger partial charge is 0.469 e. The normalized spacial score (nSPS) is 11.7. The van der Waals surface area contributed by atoms with Crippen LogP contribution in [0.2, 0.25) is 0 Å². The van der Waals surface area contributed by atoms with E-state index < -0.39 is 5.41 Å². The van der Waals surface area contributed by atoms with Crippen molar-refractivity contribution in [2.75, 3.05) is 12.8 Å². The van der Waals surface area contributed by atoms with Gasteiger partial charge in [0.25, 0.3) is 0 Å². The molecule has 0 radical (unpaired) electrons. The SMILES string of the molecule is COC(=O)C(C)(C)Cn1cnc2c(N)ncnc21. The molecule has 96 valence electrons. The zero-order valence-electron chi connectivity index (χ0n) is 10.5. The molecule has 0 aliphatic carbocycles. The van der Waals surface area contributed by atoms with E-state index in [-0.39, 0.29) is 5.97 Å². The van der Waals surface area contributed by atoms with Crippen LogP contribution in [0.3, 0.4) is 0 Å². The highest BCUT2D eigenvalue weighted by atomic mass is 16.5. The van der Waals surface area contributed by atoms with Crippen LogP contribution in [0.4, 0.5) is 5.82 Å². The van der Waals surface area contributed by atoms with Gasteiger partial charge in [-0.25, -0.2) is 15.0 Å². The van der Waals surface area contributed by atoms with E-state index in [1.165, 1.54) is 13.4 Å². The van der Waals surface area contributed by atoms with Gasteiger partial charge in [0.2, 0.25) is 0 Å². The number of methoxy groups -OCH3 is 1. The lowest BCUT2D eigenvalue weighted by molar-refractivity contribution is -0.151. The van der Waals surface area contributed by atoms with Crippen molar-refractivity contribution in [2.24, 2.45) is 5.41 Å². The fourth-order valence-corrected chi connectivity index (χ4v) is 1.78. The quantitative estimate of drug-likeness (QED) is 0.800. The first-order chi connectivity index (χ1) is 8.45. The fraction of sp³-hybridized carbons (Fsp3) is 0.455. The number of fused-ring (bicyclic) bond motifs is 1. The highest BCUT2D eigenvalue weighted by Gasteiger charge is 2.30. The van der Waals surface area contributed by atoms with Gasteiger partial charge in [0, 0.05) is 6.54 Å². The molecule has 0 saturated heterocycles. The number of rotatable bonds is 3. The van der Waals surface area contributed by atoms with E-state index in [4.69, 9.17) is 10.5 Å². The molecule has 0 unspecified atom stereocenters. The van der Waals surface area contributed by atoms with Crippen molar-refractivity contribution in [1.29, 1.82) is 0 Å². The number of nitrogen functional groups attached to an aromatic ring is 1. The standard InChI is InChI=1S/C11H15N5O2/c1-11(2,10(17)18-3)4-16-6-15-7-8(12)13-5-14-9(7)16/h5-6H,4H2,1-3H3,(H2,12,13,14). The Hall–Kier alpha value is -2.18. The van der Waals surface area contributed by atoms with Crippen molar-refractivity contribution in [3.63, 3.8) is 0 Å². The zero-order chi connectivity index (χ0) is 13.3. The van der Waals surface area contributed by atoms with Crippen LogP contribution in [0.25, 0.3) is 11.2 Å². The highest BCUT2D eigenvalue weighted by molar-refractivity contribution is 5.81. The van der Waals surface area contributed by atoms with Gasteiger partial charge in [-0.2, -0.15) is 0 Å². The number of anilines is 1. The van der Waals surface area contributed by atoms with Crippen molar-refractivity contribution in [2.45, 2.75) is 20.4 Å². The summed E-state index contributed by atoms with van der Waals surface area (Å²) >= 11 is 0. The van der Waals surface area contributed by atoms with Gasteiger partial charge in [0.15, 0.2) is 11.5 Å². The number of hydrogen-bond donors (Lipinski definition) is 1. The van der Waals surface area contributed by atoms with Crippen LogP contribution in [0.5, 0.6) is 0 Å². The molecule has 2 aromatic rings. The van der Waals surface area contributed by atoms with E-state index in [1.807, 2.05) is 0 Å². The number of imidazole rings is 1. The number of carbonyl (C=O) groups is 1. The molecule has 2 rings (SSSR count). The Labute approximate surface area is 104 Å². The second kappa shape index (κ2) is 4.25. The van der Waals surface area contributed by atoms with E-state index in [9.17, 15) is 4.79 Å². The minimum atomic E-state index is -0.665. The molecule has 7 heteroatoms. The van der Waals surface area contributed by atoms with Gasteiger partial charge in [-0.3, -0.25) is 4.79 Å². The molecule has 7 nitrogen and oxygen atoms in total. The smallest absolute Gasteiger partial charge is 0.313 e. The summed E-state index contributed by atoms with van der Waals surface area (Å²) in [6, 6.07) is 0. The van der Waals surface area contributed by atoms with Crippen LogP contribution in [-0.4, -0.2) is 32.6 Å². The lowest BCUT2D eigenvalue weighted by Crippen LogP contribution is -2.30. The summed E-state index contributed by atoms with van der Waals surface area (Å²) < 4.78 is 6.54. The average Bonchev–Trinajstić information content (AvgIpc) is 2.72. The summed E-state index contributed by atoms with van der Waals surface area (Å²) in [5, 5.41) is 0.